The number of carbonyl (C=O) groups is 3. The van der Waals surface area contributed by atoms with Gasteiger partial charge in [0.2, 0.25) is 6.29 Å². The van der Waals surface area contributed by atoms with E-state index in [4.69, 9.17) is 28.4 Å². The zero-order valence-corrected chi connectivity index (χ0v) is 33.2. The Morgan fingerprint density at radius 1 is 0.925 bits per heavy atom. The van der Waals surface area contributed by atoms with Crippen molar-refractivity contribution in [2.75, 3.05) is 13.2 Å². The largest absolute Gasteiger partial charge is 0.467 e. The van der Waals surface area contributed by atoms with E-state index in [1.165, 1.54) is 0 Å². The Labute approximate surface area is 313 Å². The first-order chi connectivity index (χ1) is 24.5. The van der Waals surface area contributed by atoms with Crippen molar-refractivity contribution in [3.8, 4) is 0 Å². The minimum Gasteiger partial charge on any atom is -0.467 e. The predicted molar refractivity (Wildman–Crippen MR) is 192 cm³/mol. The topological polar surface area (TPSA) is 224 Å². The van der Waals surface area contributed by atoms with Crippen molar-refractivity contribution in [1.82, 2.24) is 16.0 Å². The van der Waals surface area contributed by atoms with E-state index in [0.717, 1.165) is 0 Å². The zero-order valence-electron chi connectivity index (χ0n) is 33.2. The monoisotopic (exact) mass is 759 g/mol. The van der Waals surface area contributed by atoms with E-state index in [2.05, 4.69) is 16.0 Å². The molecule has 1 aliphatic carbocycles. The van der Waals surface area contributed by atoms with Crippen LogP contribution in [-0.4, -0.2) is 124 Å². The lowest BCUT2D eigenvalue weighted by Crippen LogP contribution is -2.65. The Kier molecular flexibility index (Phi) is 15.4. The van der Waals surface area contributed by atoms with Gasteiger partial charge in [0, 0.05) is 12.3 Å². The molecule has 0 bridgehead atoms. The summed E-state index contributed by atoms with van der Waals surface area (Å²) in [7, 11) is 0. The van der Waals surface area contributed by atoms with E-state index >= 15 is 0 Å². The van der Waals surface area contributed by atoms with Crippen LogP contribution in [0.15, 0.2) is 11.8 Å². The number of allylic oxidation sites excluding steroid dienone is 1. The molecule has 0 aromatic carbocycles. The fourth-order valence-electron chi connectivity index (χ4n) is 6.96. The van der Waals surface area contributed by atoms with E-state index < -0.39 is 103 Å². The van der Waals surface area contributed by atoms with Crippen molar-refractivity contribution in [2.24, 2.45) is 17.8 Å². The van der Waals surface area contributed by atoms with Gasteiger partial charge in [0.1, 0.15) is 35.6 Å². The molecule has 306 valence electrons. The van der Waals surface area contributed by atoms with Gasteiger partial charge in [0.25, 0.3) is 5.91 Å². The molecule has 2 aliphatic heterocycles. The zero-order chi connectivity index (χ0) is 40.1. The van der Waals surface area contributed by atoms with E-state index in [1.54, 1.807) is 54.5 Å². The molecule has 2 fully saturated rings. The Morgan fingerprint density at radius 2 is 1.53 bits per heavy atom. The summed E-state index contributed by atoms with van der Waals surface area (Å²) in [6.07, 6.45) is -7.06. The average molecular weight is 760 g/mol. The third kappa shape index (κ3) is 12.7. The number of carbonyl (C=O) groups excluding carboxylic acids is 3. The molecule has 7 N–H and O–H groups in total. The lowest BCUT2D eigenvalue weighted by molar-refractivity contribution is -0.319. The number of ether oxygens (including phenoxy) is 6. The maximum absolute atomic E-state index is 13.1. The number of nitrogens with one attached hydrogen (secondary N) is 3. The van der Waals surface area contributed by atoms with E-state index in [-0.39, 0.29) is 31.3 Å². The Morgan fingerprint density at radius 3 is 2.09 bits per heavy atom. The van der Waals surface area contributed by atoms with E-state index in [0.29, 0.717) is 18.6 Å². The van der Waals surface area contributed by atoms with Gasteiger partial charge in [-0.05, 0) is 85.6 Å². The smallest absolute Gasteiger partial charge is 0.407 e. The van der Waals surface area contributed by atoms with Crippen LogP contribution >= 0.6 is 0 Å². The number of hydrogen-bond donors (Lipinski definition) is 7. The van der Waals surface area contributed by atoms with Gasteiger partial charge in [0.15, 0.2) is 6.29 Å². The summed E-state index contributed by atoms with van der Waals surface area (Å²) >= 11 is 0. The Hall–Kier alpha value is -2.73. The average Bonchev–Trinajstić information content (AvgIpc) is 3.02. The maximum Gasteiger partial charge on any atom is 0.407 e. The van der Waals surface area contributed by atoms with Gasteiger partial charge in [-0.1, -0.05) is 27.7 Å². The molecule has 3 amide bonds. The molecular formula is C37H65N3O13. The van der Waals surface area contributed by atoms with Crippen molar-refractivity contribution in [2.45, 2.75) is 174 Å². The minimum atomic E-state index is -1.64. The molecule has 0 radical (unpaired) electrons. The highest BCUT2D eigenvalue weighted by Crippen LogP contribution is 2.40. The molecule has 12 atom stereocenters. The Bertz CT molecular complexity index is 1260. The molecule has 16 heteroatoms. The van der Waals surface area contributed by atoms with Gasteiger partial charge >= 0.3 is 12.2 Å². The van der Waals surface area contributed by atoms with Crippen molar-refractivity contribution < 1.29 is 63.2 Å². The third-order valence-corrected chi connectivity index (χ3v) is 9.64. The predicted octanol–water partition coefficient (Wildman–Crippen LogP) is 2.59. The summed E-state index contributed by atoms with van der Waals surface area (Å²) < 4.78 is 35.6. The highest BCUT2D eigenvalue weighted by molar-refractivity contribution is 5.81. The van der Waals surface area contributed by atoms with Crippen LogP contribution in [-0.2, 0) is 33.2 Å². The quantitative estimate of drug-likeness (QED) is 0.152. The first-order valence-electron chi connectivity index (χ1n) is 18.8. The van der Waals surface area contributed by atoms with Crippen LogP contribution in [0.1, 0.15) is 102 Å². The second kappa shape index (κ2) is 18.3. The molecule has 2 heterocycles. The van der Waals surface area contributed by atoms with Crippen LogP contribution in [0.4, 0.5) is 9.59 Å². The number of amides is 3. The van der Waals surface area contributed by atoms with Crippen molar-refractivity contribution in [3.63, 3.8) is 0 Å². The van der Waals surface area contributed by atoms with Gasteiger partial charge in [-0.2, -0.15) is 0 Å². The second-order valence-corrected chi connectivity index (χ2v) is 16.9. The van der Waals surface area contributed by atoms with Crippen LogP contribution in [0.2, 0.25) is 0 Å². The van der Waals surface area contributed by atoms with E-state index in [1.807, 2.05) is 27.7 Å². The lowest BCUT2D eigenvalue weighted by atomic mass is 9.73. The highest BCUT2D eigenvalue weighted by Gasteiger charge is 2.53. The first-order valence-corrected chi connectivity index (χ1v) is 18.8. The number of aliphatic hydroxyl groups is 4. The van der Waals surface area contributed by atoms with Gasteiger partial charge in [-0.15, -0.1) is 0 Å². The molecule has 53 heavy (non-hydrogen) atoms. The fourth-order valence-corrected chi connectivity index (χ4v) is 6.96. The molecule has 3 aliphatic rings. The van der Waals surface area contributed by atoms with Crippen LogP contribution in [0, 0.1) is 17.8 Å². The number of hydrogen-bond acceptors (Lipinski definition) is 13. The van der Waals surface area contributed by atoms with Crippen LogP contribution < -0.4 is 16.0 Å². The van der Waals surface area contributed by atoms with Gasteiger partial charge in [-0.3, -0.25) is 4.79 Å². The third-order valence-electron chi connectivity index (χ3n) is 9.64. The van der Waals surface area contributed by atoms with Crippen LogP contribution in [0.5, 0.6) is 0 Å². The number of rotatable bonds is 12. The van der Waals surface area contributed by atoms with Crippen molar-refractivity contribution in [1.29, 1.82) is 0 Å². The summed E-state index contributed by atoms with van der Waals surface area (Å²) in [4.78, 5) is 38.4. The number of aliphatic hydroxyl groups excluding tert-OH is 3. The summed E-state index contributed by atoms with van der Waals surface area (Å²) in [5.74, 6) is -1.24. The van der Waals surface area contributed by atoms with Gasteiger partial charge in [0.05, 0.1) is 42.7 Å². The normalized spacial score (nSPS) is 34.3. The fraction of sp³-hybridized carbons (Fsp3) is 0.865. The van der Waals surface area contributed by atoms with Crippen molar-refractivity contribution in [3.05, 3.63) is 11.8 Å². The molecule has 0 aromatic heterocycles. The number of alkyl carbamates (subject to hydrolysis) is 2. The molecule has 16 nitrogen and oxygen atoms in total. The van der Waals surface area contributed by atoms with Gasteiger partial charge < -0.3 is 64.8 Å². The molecule has 12 unspecified atom stereocenters. The summed E-state index contributed by atoms with van der Waals surface area (Å²) in [5.41, 5.74) is -2.87. The summed E-state index contributed by atoms with van der Waals surface area (Å²) in [6, 6.07) is -1.69. The maximum atomic E-state index is 13.1. The SMILES string of the molecule is CCC1=CCC(NC(=O)C(O)CNC(=O)OC(C)(C)C)C(OC2C(NC(=O)OC(C)(C)C)CC(C(C)C)C(OC3OCC(C)(O)C(CC)C3O)C2O)O1. The molecular weight excluding hydrogens is 694 g/mol. The van der Waals surface area contributed by atoms with Crippen LogP contribution in [0.25, 0.3) is 0 Å². The molecule has 0 spiro atoms. The lowest BCUT2D eigenvalue weighted by Gasteiger charge is -2.50. The second-order valence-electron chi connectivity index (χ2n) is 16.9. The summed E-state index contributed by atoms with van der Waals surface area (Å²) in [5, 5.41) is 52.8. The van der Waals surface area contributed by atoms with E-state index in [9.17, 15) is 34.8 Å². The first kappa shape index (κ1) is 44.7. The molecule has 1 saturated carbocycles. The van der Waals surface area contributed by atoms with Gasteiger partial charge in [-0.25, -0.2) is 9.59 Å². The summed E-state index contributed by atoms with van der Waals surface area (Å²) in [6.45, 7) is 19.0. The van der Waals surface area contributed by atoms with Crippen LogP contribution in [0.3, 0.4) is 0 Å². The van der Waals surface area contributed by atoms with Crippen molar-refractivity contribution >= 4 is 18.1 Å². The molecule has 3 rings (SSSR count). The Balaban J connectivity index is 1.90. The standard InChI is InChI=1S/C37H65N3O13/c1-12-20-14-15-23(39-30(44)25(41)17-38-33(45)52-35(5,6)7)31(49-20)51-29-24(40-34(46)53-36(8,9)10)16-21(19(3)4)28(27(29)43)50-32-26(42)22(13-2)37(11,47)18-48-32/h14,19,21-29,31-32,41-43,47H,12-13,15-18H2,1-11H3,(H,38,45)(H,39,44)(H,40,46). The minimum absolute atomic E-state index is 0.0762. The molecule has 1 saturated heterocycles. The highest BCUT2D eigenvalue weighted by atomic mass is 16.7. The molecule has 0 aromatic rings.